The number of piperazine rings is 1. The summed E-state index contributed by atoms with van der Waals surface area (Å²) in [6, 6.07) is 5.26. The maximum Gasteiger partial charge on any atom is 0.160 e. The molecular weight excluding hydrogens is 258 g/mol. The van der Waals surface area contributed by atoms with Crippen LogP contribution in [0.2, 0.25) is 0 Å². The third-order valence-corrected chi connectivity index (χ3v) is 4.75. The van der Waals surface area contributed by atoms with Crippen molar-refractivity contribution in [2.45, 2.75) is 44.7 Å². The van der Waals surface area contributed by atoms with Crippen LogP contribution < -0.4 is 4.90 Å². The molecule has 1 aromatic carbocycles. The molecular formula is C16H22F2N2. The number of benzene rings is 1. The fourth-order valence-electron chi connectivity index (χ4n) is 3.58. The molecule has 0 aromatic heterocycles. The Bertz CT molecular complexity index is 478. The molecule has 3 rings (SSSR count). The summed E-state index contributed by atoms with van der Waals surface area (Å²) in [5.41, 5.74) is 0.820. The molecule has 0 amide bonds. The van der Waals surface area contributed by atoms with Crippen LogP contribution in [-0.4, -0.2) is 36.6 Å². The molecule has 0 radical (unpaired) electrons. The molecule has 0 aliphatic carbocycles. The zero-order chi connectivity index (χ0) is 14.1. The Hall–Kier alpha value is -1.16. The highest BCUT2D eigenvalue weighted by Crippen LogP contribution is 2.30. The maximum atomic E-state index is 13.5. The largest absolute Gasteiger partial charge is 0.366 e. The molecule has 110 valence electrons. The van der Waals surface area contributed by atoms with E-state index in [0.29, 0.717) is 12.1 Å². The van der Waals surface area contributed by atoms with Crippen LogP contribution in [0.25, 0.3) is 0 Å². The molecule has 2 heterocycles. The summed E-state index contributed by atoms with van der Waals surface area (Å²) in [6.45, 7) is 5.33. The molecule has 1 aromatic rings. The van der Waals surface area contributed by atoms with E-state index in [4.69, 9.17) is 0 Å². The molecule has 0 saturated carbocycles. The van der Waals surface area contributed by atoms with Crippen LogP contribution in [-0.2, 0) is 0 Å². The van der Waals surface area contributed by atoms with E-state index < -0.39 is 11.6 Å². The zero-order valence-electron chi connectivity index (χ0n) is 12.0. The lowest BCUT2D eigenvalue weighted by atomic mass is 9.95. The summed E-state index contributed by atoms with van der Waals surface area (Å²) in [5, 5.41) is 0. The van der Waals surface area contributed by atoms with Gasteiger partial charge in [0.1, 0.15) is 0 Å². The lowest BCUT2D eigenvalue weighted by Gasteiger charge is -2.49. The zero-order valence-corrected chi connectivity index (χ0v) is 12.0. The third kappa shape index (κ3) is 2.53. The topological polar surface area (TPSA) is 6.48 Å². The summed E-state index contributed by atoms with van der Waals surface area (Å²) in [5.74, 6) is -1.51. The highest BCUT2D eigenvalue weighted by atomic mass is 19.2. The average molecular weight is 280 g/mol. The first-order chi connectivity index (χ1) is 9.69. The first kappa shape index (κ1) is 13.8. The van der Waals surface area contributed by atoms with Gasteiger partial charge in [0.25, 0.3) is 0 Å². The monoisotopic (exact) mass is 280 g/mol. The number of hydrogen-bond donors (Lipinski definition) is 0. The second-order valence-corrected chi connectivity index (χ2v) is 5.96. The predicted molar refractivity (Wildman–Crippen MR) is 77.0 cm³/mol. The summed E-state index contributed by atoms with van der Waals surface area (Å²) in [4.78, 5) is 4.85. The Morgan fingerprint density at radius 1 is 1.15 bits per heavy atom. The van der Waals surface area contributed by atoms with Crippen LogP contribution in [0, 0.1) is 11.6 Å². The van der Waals surface area contributed by atoms with E-state index in [-0.39, 0.29) is 0 Å². The molecule has 2 unspecified atom stereocenters. The van der Waals surface area contributed by atoms with Gasteiger partial charge in [0.2, 0.25) is 0 Å². The molecule has 2 aliphatic heterocycles. The van der Waals surface area contributed by atoms with Gasteiger partial charge in [-0.25, -0.2) is 8.78 Å². The van der Waals surface area contributed by atoms with Crippen LogP contribution in [0.3, 0.4) is 0 Å². The molecule has 20 heavy (non-hydrogen) atoms. The number of piperidine rings is 1. The molecule has 0 N–H and O–H groups in total. The van der Waals surface area contributed by atoms with Crippen molar-refractivity contribution in [1.82, 2.24) is 4.90 Å². The number of halogens is 2. The molecule has 2 saturated heterocycles. The standard InChI is InChI=1S/C16H22F2N2/c1-2-12-10-19-8-4-3-5-14(19)11-20(12)13-6-7-15(17)16(18)9-13/h6-7,9,12,14H,2-5,8,10-11H2,1H3. The maximum absolute atomic E-state index is 13.5. The van der Waals surface area contributed by atoms with Crippen molar-refractivity contribution < 1.29 is 8.78 Å². The van der Waals surface area contributed by atoms with Gasteiger partial charge in [-0.05, 0) is 37.9 Å². The van der Waals surface area contributed by atoms with Crippen LogP contribution in [0.4, 0.5) is 14.5 Å². The molecule has 0 bridgehead atoms. The van der Waals surface area contributed by atoms with Crippen molar-refractivity contribution >= 4 is 5.69 Å². The van der Waals surface area contributed by atoms with Crippen molar-refractivity contribution in [3.05, 3.63) is 29.8 Å². The van der Waals surface area contributed by atoms with Gasteiger partial charge in [0.05, 0.1) is 0 Å². The Morgan fingerprint density at radius 2 is 2.00 bits per heavy atom. The minimum Gasteiger partial charge on any atom is -0.366 e. The second kappa shape index (κ2) is 5.68. The first-order valence-corrected chi connectivity index (χ1v) is 7.64. The fourth-order valence-corrected chi connectivity index (χ4v) is 3.58. The van der Waals surface area contributed by atoms with Crippen molar-refractivity contribution in [3.8, 4) is 0 Å². The highest BCUT2D eigenvalue weighted by molar-refractivity contribution is 5.48. The molecule has 2 aliphatic rings. The Balaban J connectivity index is 1.84. The summed E-state index contributed by atoms with van der Waals surface area (Å²) in [6.07, 6.45) is 4.82. The lowest BCUT2D eigenvalue weighted by molar-refractivity contribution is 0.111. The predicted octanol–water partition coefficient (Wildman–Crippen LogP) is 3.42. The van der Waals surface area contributed by atoms with Gasteiger partial charge in [-0.3, -0.25) is 4.90 Å². The third-order valence-electron chi connectivity index (χ3n) is 4.75. The highest BCUT2D eigenvalue weighted by Gasteiger charge is 2.34. The Labute approximate surface area is 119 Å². The van der Waals surface area contributed by atoms with Crippen LogP contribution in [0.15, 0.2) is 18.2 Å². The van der Waals surface area contributed by atoms with E-state index in [0.717, 1.165) is 25.2 Å². The molecule has 2 nitrogen and oxygen atoms in total. The molecule has 4 heteroatoms. The minimum absolute atomic E-state index is 0.397. The van der Waals surface area contributed by atoms with E-state index in [9.17, 15) is 8.78 Å². The van der Waals surface area contributed by atoms with Crippen LogP contribution in [0.5, 0.6) is 0 Å². The van der Waals surface area contributed by atoms with E-state index in [2.05, 4.69) is 16.7 Å². The van der Waals surface area contributed by atoms with Gasteiger partial charge < -0.3 is 4.90 Å². The average Bonchev–Trinajstić information content (AvgIpc) is 2.48. The Morgan fingerprint density at radius 3 is 2.75 bits per heavy atom. The molecule has 0 spiro atoms. The van der Waals surface area contributed by atoms with E-state index in [1.54, 1.807) is 6.07 Å². The minimum atomic E-state index is -0.766. The van der Waals surface area contributed by atoms with E-state index in [1.165, 1.54) is 37.9 Å². The summed E-state index contributed by atoms with van der Waals surface area (Å²) >= 11 is 0. The molecule has 2 fully saturated rings. The summed E-state index contributed by atoms with van der Waals surface area (Å²) < 4.78 is 26.6. The van der Waals surface area contributed by atoms with Crippen molar-refractivity contribution in [2.24, 2.45) is 0 Å². The smallest absolute Gasteiger partial charge is 0.160 e. The van der Waals surface area contributed by atoms with Gasteiger partial charge in [0.15, 0.2) is 11.6 Å². The van der Waals surface area contributed by atoms with Crippen LogP contribution in [0.1, 0.15) is 32.6 Å². The van der Waals surface area contributed by atoms with E-state index in [1.807, 2.05) is 0 Å². The van der Waals surface area contributed by atoms with Gasteiger partial charge in [-0.15, -0.1) is 0 Å². The SMILES string of the molecule is CCC1CN2CCCCC2CN1c1ccc(F)c(F)c1. The first-order valence-electron chi connectivity index (χ1n) is 7.64. The van der Waals surface area contributed by atoms with E-state index >= 15 is 0 Å². The van der Waals surface area contributed by atoms with Crippen molar-refractivity contribution in [1.29, 1.82) is 0 Å². The number of rotatable bonds is 2. The summed E-state index contributed by atoms with van der Waals surface area (Å²) in [7, 11) is 0. The van der Waals surface area contributed by atoms with Crippen molar-refractivity contribution in [2.75, 3.05) is 24.5 Å². The van der Waals surface area contributed by atoms with Gasteiger partial charge >= 0.3 is 0 Å². The van der Waals surface area contributed by atoms with Gasteiger partial charge in [-0.2, -0.15) is 0 Å². The molecule has 2 atom stereocenters. The van der Waals surface area contributed by atoms with Gasteiger partial charge in [0, 0.05) is 36.9 Å². The number of fused-ring (bicyclic) bond motifs is 1. The van der Waals surface area contributed by atoms with Crippen molar-refractivity contribution in [3.63, 3.8) is 0 Å². The normalized spacial score (nSPS) is 27.4. The number of hydrogen-bond acceptors (Lipinski definition) is 2. The quantitative estimate of drug-likeness (QED) is 0.819. The van der Waals surface area contributed by atoms with Gasteiger partial charge in [-0.1, -0.05) is 13.3 Å². The fraction of sp³-hybridized carbons (Fsp3) is 0.625. The van der Waals surface area contributed by atoms with Crippen LogP contribution >= 0.6 is 0 Å². The second-order valence-electron chi connectivity index (χ2n) is 5.96. The number of nitrogens with zero attached hydrogens (tertiary/aromatic N) is 2. The number of anilines is 1. The lowest BCUT2D eigenvalue weighted by Crippen LogP contribution is -2.59. The Kier molecular flexibility index (Phi) is 3.92.